The number of hydrogen-bond donors (Lipinski definition) is 0. The van der Waals surface area contributed by atoms with Crippen molar-refractivity contribution in [1.29, 1.82) is 0 Å². The fraction of sp³-hybridized carbons (Fsp3) is 0.419. The van der Waals surface area contributed by atoms with Gasteiger partial charge in [0.2, 0.25) is 5.91 Å². The van der Waals surface area contributed by atoms with E-state index in [1.807, 2.05) is 40.1 Å². The van der Waals surface area contributed by atoms with E-state index in [0.29, 0.717) is 51.3 Å². The Kier molecular flexibility index (Phi) is 8.94. The summed E-state index contributed by atoms with van der Waals surface area (Å²) < 4.78 is 19.8. The zero-order valence-electron chi connectivity index (χ0n) is 22.5. The zero-order valence-corrected chi connectivity index (χ0v) is 23.3. The molecule has 1 saturated heterocycles. The Bertz CT molecular complexity index is 1270. The molecule has 1 aromatic heterocycles. The van der Waals surface area contributed by atoms with Gasteiger partial charge in [0, 0.05) is 56.1 Å². The second kappa shape index (κ2) is 12.7. The zero-order chi connectivity index (χ0) is 27.2. The van der Waals surface area contributed by atoms with Crippen LogP contribution in [0.5, 0.6) is 5.75 Å². The molecule has 6 nitrogen and oxygen atoms in total. The average molecular weight is 550 g/mol. The number of ether oxygens (including phenoxy) is 1. The Hall–Kier alpha value is -3.23. The van der Waals surface area contributed by atoms with Crippen molar-refractivity contribution in [3.05, 3.63) is 87.4 Å². The summed E-state index contributed by atoms with van der Waals surface area (Å²) in [5.74, 6) is 0.623. The first-order chi connectivity index (χ1) is 19.0. The molecule has 2 aromatic carbocycles. The van der Waals surface area contributed by atoms with E-state index < -0.39 is 0 Å². The van der Waals surface area contributed by atoms with Crippen LogP contribution in [0.1, 0.15) is 58.6 Å². The normalized spacial score (nSPS) is 17.6. The van der Waals surface area contributed by atoms with Gasteiger partial charge in [-0.25, -0.2) is 4.39 Å². The van der Waals surface area contributed by atoms with E-state index in [-0.39, 0.29) is 23.7 Å². The summed E-state index contributed by atoms with van der Waals surface area (Å²) in [7, 11) is 0. The Morgan fingerprint density at radius 1 is 1.00 bits per heavy atom. The molecular formula is C31H36FN3O3S. The van der Waals surface area contributed by atoms with Crippen LogP contribution in [0.2, 0.25) is 0 Å². The quantitative estimate of drug-likeness (QED) is 0.336. The molecule has 0 aliphatic carbocycles. The summed E-state index contributed by atoms with van der Waals surface area (Å²) in [6, 6.07) is 16.2. The Balaban J connectivity index is 1.14. The van der Waals surface area contributed by atoms with Crippen LogP contribution in [0.3, 0.4) is 0 Å². The molecule has 3 aromatic rings. The van der Waals surface area contributed by atoms with Crippen LogP contribution < -0.4 is 4.74 Å². The second-order valence-corrected chi connectivity index (χ2v) is 11.2. The predicted molar refractivity (Wildman–Crippen MR) is 152 cm³/mol. The minimum absolute atomic E-state index is 0.0139. The average Bonchev–Trinajstić information content (AvgIpc) is 3.45. The summed E-state index contributed by atoms with van der Waals surface area (Å²) in [5, 5.41) is 2.10. The summed E-state index contributed by atoms with van der Waals surface area (Å²) >= 11 is 1.75. The molecular weight excluding hydrogens is 513 g/mol. The van der Waals surface area contributed by atoms with Gasteiger partial charge in [-0.15, -0.1) is 11.3 Å². The van der Waals surface area contributed by atoms with Crippen LogP contribution in [-0.4, -0.2) is 72.4 Å². The summed E-state index contributed by atoms with van der Waals surface area (Å²) in [4.78, 5) is 33.5. The first-order valence-electron chi connectivity index (χ1n) is 13.9. The first-order valence-corrected chi connectivity index (χ1v) is 14.8. The van der Waals surface area contributed by atoms with Gasteiger partial charge in [-0.05, 0) is 71.8 Å². The fourth-order valence-corrected chi connectivity index (χ4v) is 6.35. The number of halogens is 1. The Labute approximate surface area is 234 Å². The van der Waals surface area contributed by atoms with E-state index >= 15 is 0 Å². The highest BCUT2D eigenvalue weighted by Crippen LogP contribution is 2.38. The topological polar surface area (TPSA) is 53.1 Å². The maximum atomic E-state index is 14.1. The van der Waals surface area contributed by atoms with Crippen molar-refractivity contribution in [3.8, 4) is 5.75 Å². The molecule has 0 N–H and O–H groups in total. The number of rotatable bonds is 9. The molecule has 1 unspecified atom stereocenters. The molecule has 1 atom stereocenters. The number of piperazine rings is 1. The lowest BCUT2D eigenvalue weighted by atomic mass is 9.93. The molecule has 0 bridgehead atoms. The standard InChI is InChI=1S/C31H36FN3O3S/c1-2-3-20-38-26-9-7-23(8-10-26)31(37)35-18-16-33(17-19-35)29(36)12-15-34-14-11-28-27(13-21-39-28)30(34)24-5-4-6-25(32)22-24/h4-10,13,21-22,30H,2-3,11-12,14-20H2,1H3. The maximum absolute atomic E-state index is 14.1. The summed E-state index contributed by atoms with van der Waals surface area (Å²) in [6.07, 6.45) is 3.43. The van der Waals surface area contributed by atoms with Crippen LogP contribution >= 0.6 is 11.3 Å². The van der Waals surface area contributed by atoms with Crippen LogP contribution in [0, 0.1) is 5.82 Å². The second-order valence-electron chi connectivity index (χ2n) is 10.2. The molecule has 0 saturated carbocycles. The van der Waals surface area contributed by atoms with Crippen molar-refractivity contribution in [3.63, 3.8) is 0 Å². The van der Waals surface area contributed by atoms with Crippen LogP contribution in [-0.2, 0) is 11.2 Å². The number of fused-ring (bicyclic) bond motifs is 1. The smallest absolute Gasteiger partial charge is 0.253 e. The van der Waals surface area contributed by atoms with Crippen molar-refractivity contribution in [1.82, 2.24) is 14.7 Å². The van der Waals surface area contributed by atoms with Crippen molar-refractivity contribution in [2.24, 2.45) is 0 Å². The van der Waals surface area contributed by atoms with Crippen molar-refractivity contribution >= 4 is 23.2 Å². The lowest BCUT2D eigenvalue weighted by molar-refractivity contribution is -0.133. The molecule has 1 fully saturated rings. The minimum atomic E-state index is -0.241. The number of benzene rings is 2. The van der Waals surface area contributed by atoms with E-state index in [1.165, 1.54) is 16.5 Å². The molecule has 8 heteroatoms. The van der Waals surface area contributed by atoms with Crippen LogP contribution in [0.25, 0.3) is 0 Å². The fourth-order valence-electron chi connectivity index (χ4n) is 5.44. The van der Waals surface area contributed by atoms with Gasteiger partial charge in [0.1, 0.15) is 11.6 Å². The number of hydrogen-bond acceptors (Lipinski definition) is 5. The van der Waals surface area contributed by atoms with E-state index in [9.17, 15) is 14.0 Å². The molecule has 5 rings (SSSR count). The summed E-state index contributed by atoms with van der Waals surface area (Å²) in [6.45, 7) is 6.36. The molecule has 0 spiro atoms. The van der Waals surface area contributed by atoms with E-state index in [0.717, 1.165) is 37.1 Å². The molecule has 2 aliphatic rings. The lowest BCUT2D eigenvalue weighted by Crippen LogP contribution is -2.51. The number of carbonyl (C=O) groups is 2. The summed E-state index contributed by atoms with van der Waals surface area (Å²) in [5.41, 5.74) is 2.78. The van der Waals surface area contributed by atoms with E-state index in [2.05, 4.69) is 23.3 Å². The van der Waals surface area contributed by atoms with Gasteiger partial charge in [0.05, 0.1) is 12.6 Å². The van der Waals surface area contributed by atoms with Gasteiger partial charge in [0.15, 0.2) is 0 Å². The van der Waals surface area contributed by atoms with Gasteiger partial charge in [-0.3, -0.25) is 14.5 Å². The Morgan fingerprint density at radius 2 is 1.77 bits per heavy atom. The third-order valence-corrected chi connectivity index (χ3v) is 8.63. The third-order valence-electron chi connectivity index (χ3n) is 7.63. The molecule has 0 radical (unpaired) electrons. The van der Waals surface area contributed by atoms with Gasteiger partial charge in [0.25, 0.3) is 5.91 Å². The molecule has 2 aliphatic heterocycles. The Morgan fingerprint density at radius 3 is 2.51 bits per heavy atom. The molecule has 3 heterocycles. The largest absolute Gasteiger partial charge is 0.494 e. The van der Waals surface area contributed by atoms with Crippen molar-refractivity contribution in [2.45, 2.75) is 38.6 Å². The maximum Gasteiger partial charge on any atom is 0.253 e. The van der Waals surface area contributed by atoms with E-state index in [1.54, 1.807) is 23.5 Å². The van der Waals surface area contributed by atoms with Crippen LogP contribution in [0.4, 0.5) is 4.39 Å². The number of unbranched alkanes of at least 4 members (excludes halogenated alkanes) is 1. The number of amides is 2. The first kappa shape index (κ1) is 27.3. The highest BCUT2D eigenvalue weighted by Gasteiger charge is 2.31. The van der Waals surface area contributed by atoms with Gasteiger partial charge in [-0.2, -0.15) is 0 Å². The van der Waals surface area contributed by atoms with Crippen LogP contribution in [0.15, 0.2) is 60.0 Å². The van der Waals surface area contributed by atoms with Gasteiger partial charge < -0.3 is 14.5 Å². The monoisotopic (exact) mass is 549 g/mol. The highest BCUT2D eigenvalue weighted by atomic mass is 32.1. The predicted octanol–water partition coefficient (Wildman–Crippen LogP) is 5.39. The lowest BCUT2D eigenvalue weighted by Gasteiger charge is -2.38. The third kappa shape index (κ3) is 6.50. The number of carbonyl (C=O) groups excluding carboxylic acids is 2. The molecule has 206 valence electrons. The number of thiophene rings is 1. The molecule has 2 amide bonds. The van der Waals surface area contributed by atoms with Crippen molar-refractivity contribution < 1.29 is 18.7 Å². The highest BCUT2D eigenvalue weighted by molar-refractivity contribution is 7.10. The van der Waals surface area contributed by atoms with E-state index in [4.69, 9.17) is 4.74 Å². The number of nitrogens with zero attached hydrogens (tertiary/aromatic N) is 3. The SMILES string of the molecule is CCCCOc1ccc(C(=O)N2CCN(C(=O)CCN3CCc4sccc4C3c3cccc(F)c3)CC2)cc1. The van der Waals surface area contributed by atoms with Crippen molar-refractivity contribution in [2.75, 3.05) is 45.9 Å². The minimum Gasteiger partial charge on any atom is -0.494 e. The van der Waals surface area contributed by atoms with Gasteiger partial charge >= 0.3 is 0 Å². The molecule has 39 heavy (non-hydrogen) atoms. The van der Waals surface area contributed by atoms with Gasteiger partial charge in [-0.1, -0.05) is 25.5 Å².